The zero-order chi connectivity index (χ0) is 13.6. The van der Waals surface area contributed by atoms with Gasteiger partial charge in [0.2, 0.25) is 0 Å². The van der Waals surface area contributed by atoms with Crippen molar-refractivity contribution in [1.82, 2.24) is 0 Å². The number of rotatable bonds is 4. The van der Waals surface area contributed by atoms with Crippen molar-refractivity contribution in [1.29, 1.82) is 0 Å². The van der Waals surface area contributed by atoms with Gasteiger partial charge in [0.05, 0.1) is 13.2 Å². The van der Waals surface area contributed by atoms with Crippen molar-refractivity contribution in [3.8, 4) is 0 Å². The zero-order valence-corrected chi connectivity index (χ0v) is 10.9. The molecule has 1 aromatic carbocycles. The van der Waals surface area contributed by atoms with Gasteiger partial charge in [-0.3, -0.25) is 4.52 Å². The van der Waals surface area contributed by atoms with Gasteiger partial charge in [-0.05, 0) is 7.05 Å². The topological polar surface area (TPSA) is 102 Å². The summed E-state index contributed by atoms with van der Waals surface area (Å²) in [5.41, 5.74) is 4.50. The van der Waals surface area contributed by atoms with Gasteiger partial charge in [-0.25, -0.2) is 4.57 Å². The molecule has 0 aliphatic heterocycles. The summed E-state index contributed by atoms with van der Waals surface area (Å²) in [7, 11) is -1.36. The summed E-state index contributed by atoms with van der Waals surface area (Å²) in [6.07, 6.45) is 0. The van der Waals surface area contributed by atoms with Gasteiger partial charge in [-0.2, -0.15) is 0 Å². The van der Waals surface area contributed by atoms with E-state index in [9.17, 15) is 4.57 Å². The Kier molecular flexibility index (Phi) is 14.6. The number of phosphoric acid groups is 1. The van der Waals surface area contributed by atoms with Crippen LogP contribution in [0.3, 0.4) is 0 Å². The molecule has 100 valence electrons. The molecule has 0 saturated heterocycles. The standard InChI is InChI=1S/C6H6.C3H9O5P.CH5N/c1-2-4-6-5-3-1;1-7-2-3-8-9(4,5)6;1-2/h1-6H;2-3H2,1H3,(H2,4,5,6);2H2,1H3. The lowest BCUT2D eigenvalue weighted by Crippen LogP contribution is -1.99. The SMILES string of the molecule is CN.COCCOP(=O)(O)O.c1ccccc1. The van der Waals surface area contributed by atoms with E-state index in [2.05, 4.69) is 15.0 Å². The van der Waals surface area contributed by atoms with Gasteiger partial charge in [-0.15, -0.1) is 0 Å². The molecule has 0 radical (unpaired) electrons. The Morgan fingerprint density at radius 1 is 1.00 bits per heavy atom. The van der Waals surface area contributed by atoms with Crippen LogP contribution >= 0.6 is 7.82 Å². The van der Waals surface area contributed by atoms with Crippen LogP contribution < -0.4 is 5.73 Å². The first-order chi connectivity index (χ1) is 8.06. The molecule has 0 fully saturated rings. The van der Waals surface area contributed by atoms with Crippen LogP contribution in [0, 0.1) is 0 Å². The fraction of sp³-hybridized carbons (Fsp3) is 0.400. The normalized spacial score (nSPS) is 9.47. The predicted molar refractivity (Wildman–Crippen MR) is 66.4 cm³/mol. The molecule has 0 aromatic heterocycles. The number of phosphoric ester groups is 1. The van der Waals surface area contributed by atoms with Crippen molar-refractivity contribution in [2.24, 2.45) is 5.73 Å². The molecule has 1 rings (SSSR count). The summed E-state index contributed by atoms with van der Waals surface area (Å²) in [4.78, 5) is 16.2. The van der Waals surface area contributed by atoms with E-state index in [1.165, 1.54) is 14.2 Å². The summed E-state index contributed by atoms with van der Waals surface area (Å²) in [5, 5.41) is 0. The molecular weight excluding hydrogens is 245 g/mol. The number of methoxy groups -OCH3 is 1. The first-order valence-electron chi connectivity index (χ1n) is 4.83. The second-order valence-corrected chi connectivity index (χ2v) is 3.71. The highest BCUT2D eigenvalue weighted by Gasteiger charge is 2.11. The van der Waals surface area contributed by atoms with Crippen molar-refractivity contribution in [2.45, 2.75) is 0 Å². The van der Waals surface area contributed by atoms with E-state index >= 15 is 0 Å². The molecular formula is C10H20NO5P. The second kappa shape index (κ2) is 13.3. The summed E-state index contributed by atoms with van der Waals surface area (Å²) in [5.74, 6) is 0. The molecule has 4 N–H and O–H groups in total. The molecule has 1 aromatic rings. The molecule has 17 heavy (non-hydrogen) atoms. The molecule has 6 nitrogen and oxygen atoms in total. The van der Waals surface area contributed by atoms with E-state index in [1.807, 2.05) is 36.4 Å². The van der Waals surface area contributed by atoms with Crippen LogP contribution in [0.15, 0.2) is 36.4 Å². The van der Waals surface area contributed by atoms with Gasteiger partial charge in [0.1, 0.15) is 0 Å². The Balaban J connectivity index is 0. The molecule has 0 heterocycles. The number of nitrogens with two attached hydrogens (primary N) is 1. The van der Waals surface area contributed by atoms with E-state index in [0.717, 1.165) is 0 Å². The van der Waals surface area contributed by atoms with Crippen LogP contribution in [0.2, 0.25) is 0 Å². The Morgan fingerprint density at radius 2 is 1.35 bits per heavy atom. The zero-order valence-electron chi connectivity index (χ0n) is 10.0. The maximum absolute atomic E-state index is 9.92. The maximum Gasteiger partial charge on any atom is 0.469 e. The minimum absolute atomic E-state index is 0.0826. The third-order valence-corrected chi connectivity index (χ3v) is 1.73. The molecule has 7 heteroatoms. The fourth-order valence-corrected chi connectivity index (χ4v) is 0.937. The lowest BCUT2D eigenvalue weighted by atomic mass is 10.4. The number of hydrogen-bond donors (Lipinski definition) is 3. The summed E-state index contributed by atoms with van der Waals surface area (Å²) in [6.45, 7) is 0.103. The molecule has 0 saturated carbocycles. The number of hydrogen-bond acceptors (Lipinski definition) is 4. The minimum Gasteiger partial charge on any atom is -0.382 e. The van der Waals surface area contributed by atoms with Gasteiger partial charge in [0.25, 0.3) is 0 Å². The van der Waals surface area contributed by atoms with E-state index < -0.39 is 7.82 Å². The monoisotopic (exact) mass is 265 g/mol. The predicted octanol–water partition coefficient (Wildman–Crippen LogP) is 1.00. The smallest absolute Gasteiger partial charge is 0.382 e. The van der Waals surface area contributed by atoms with Gasteiger partial charge < -0.3 is 20.3 Å². The van der Waals surface area contributed by atoms with E-state index in [4.69, 9.17) is 9.79 Å². The summed E-state index contributed by atoms with van der Waals surface area (Å²) >= 11 is 0. The van der Waals surface area contributed by atoms with Crippen molar-refractivity contribution in [3.63, 3.8) is 0 Å². The quantitative estimate of drug-likeness (QED) is 0.554. The largest absolute Gasteiger partial charge is 0.469 e. The van der Waals surface area contributed by atoms with Gasteiger partial charge in [0, 0.05) is 7.11 Å². The summed E-state index contributed by atoms with van der Waals surface area (Å²) in [6, 6.07) is 12.0. The number of ether oxygens (including phenoxy) is 1. The third-order valence-electron chi connectivity index (χ3n) is 1.21. The van der Waals surface area contributed by atoms with Crippen molar-refractivity contribution < 1.29 is 23.6 Å². The Morgan fingerprint density at radius 3 is 1.59 bits per heavy atom. The maximum atomic E-state index is 9.92. The van der Waals surface area contributed by atoms with Crippen LogP contribution in [0.1, 0.15) is 0 Å². The highest BCUT2D eigenvalue weighted by atomic mass is 31.2. The van der Waals surface area contributed by atoms with E-state index in [-0.39, 0.29) is 13.2 Å². The molecule has 0 aliphatic carbocycles. The van der Waals surface area contributed by atoms with Gasteiger partial charge in [-0.1, -0.05) is 36.4 Å². The molecule has 0 bridgehead atoms. The lowest BCUT2D eigenvalue weighted by molar-refractivity contribution is 0.120. The van der Waals surface area contributed by atoms with Crippen LogP contribution in [0.25, 0.3) is 0 Å². The van der Waals surface area contributed by atoms with Gasteiger partial charge in [0.15, 0.2) is 0 Å². The molecule has 0 amide bonds. The summed E-state index contributed by atoms with van der Waals surface area (Å²) < 4.78 is 18.4. The van der Waals surface area contributed by atoms with Crippen molar-refractivity contribution in [2.75, 3.05) is 27.4 Å². The average molecular weight is 265 g/mol. The van der Waals surface area contributed by atoms with Crippen LogP contribution in [-0.2, 0) is 13.8 Å². The average Bonchev–Trinajstić information content (AvgIpc) is 2.33. The van der Waals surface area contributed by atoms with E-state index in [1.54, 1.807) is 0 Å². The minimum atomic E-state index is -4.28. The fourth-order valence-electron chi connectivity index (χ4n) is 0.624. The van der Waals surface area contributed by atoms with Crippen LogP contribution in [0.4, 0.5) is 0 Å². The Hall–Kier alpha value is -0.750. The van der Waals surface area contributed by atoms with Crippen molar-refractivity contribution >= 4 is 7.82 Å². The first kappa shape index (κ1) is 18.6. The van der Waals surface area contributed by atoms with E-state index in [0.29, 0.717) is 0 Å². The first-order valence-corrected chi connectivity index (χ1v) is 6.36. The third kappa shape index (κ3) is 21.2. The molecule has 0 aliphatic rings. The second-order valence-electron chi connectivity index (χ2n) is 2.47. The van der Waals surface area contributed by atoms with Gasteiger partial charge >= 0.3 is 7.82 Å². The van der Waals surface area contributed by atoms with Crippen molar-refractivity contribution in [3.05, 3.63) is 36.4 Å². The highest BCUT2D eigenvalue weighted by Crippen LogP contribution is 2.35. The molecule has 0 unspecified atom stereocenters. The molecule has 0 spiro atoms. The highest BCUT2D eigenvalue weighted by molar-refractivity contribution is 7.46. The Labute approximate surface area is 102 Å². The van der Waals surface area contributed by atoms with Crippen LogP contribution in [0.5, 0.6) is 0 Å². The van der Waals surface area contributed by atoms with Crippen LogP contribution in [-0.4, -0.2) is 37.2 Å². The molecule has 0 atom stereocenters. The lowest BCUT2D eigenvalue weighted by Gasteiger charge is -2.02. The Bertz CT molecular complexity index is 251. The number of benzene rings is 1.